The van der Waals surface area contributed by atoms with Gasteiger partial charge in [0.05, 0.1) is 12.7 Å². The number of ether oxygens (including phenoxy) is 3. The fourth-order valence-corrected chi connectivity index (χ4v) is 7.71. The molecule has 6 atom stereocenters. The lowest BCUT2D eigenvalue weighted by Gasteiger charge is -2.38. The molecule has 6 nitrogen and oxygen atoms in total. The molecular weight excluding hydrogens is 568 g/mol. The van der Waals surface area contributed by atoms with Gasteiger partial charge in [0.25, 0.3) is 0 Å². The van der Waals surface area contributed by atoms with E-state index in [1.165, 1.54) is 0 Å². The number of alkyl halides is 1. The Balaban J connectivity index is 1.88. The molecule has 1 saturated heterocycles. The number of rotatable bonds is 19. The van der Waals surface area contributed by atoms with Gasteiger partial charge in [-0.25, -0.2) is 0 Å². The first-order valence-corrected chi connectivity index (χ1v) is 20.1. The van der Waals surface area contributed by atoms with E-state index in [-0.39, 0.29) is 52.5 Å². The fraction of sp³-hybridized carbons (Fsp3) is 0.882. The van der Waals surface area contributed by atoms with Gasteiger partial charge in [-0.2, -0.15) is 0 Å². The summed E-state index contributed by atoms with van der Waals surface area (Å²) in [5, 5.41) is 0.197. The lowest BCUT2D eigenvalue weighted by Crippen LogP contribution is -2.43. The van der Waals surface area contributed by atoms with E-state index in [1.54, 1.807) is 6.08 Å². The van der Waals surface area contributed by atoms with Crippen LogP contribution >= 0.6 is 11.6 Å². The highest BCUT2D eigenvalue weighted by Crippen LogP contribution is 2.43. The Kier molecular flexibility index (Phi) is 16.9. The van der Waals surface area contributed by atoms with Gasteiger partial charge >= 0.3 is 5.97 Å². The SMILES string of the molecule is CCCOC(=O)CCCCCC[C@@H]1[C@@H](/C=C/C(=O)CCC[C@@H](C)O[Si](C)(C)C(C)(C)C)[C@H](OC2CCCCO2)C[C@H]1Cl. The maximum Gasteiger partial charge on any atom is 0.305 e. The maximum absolute atomic E-state index is 12.9. The Morgan fingerprint density at radius 1 is 1.07 bits per heavy atom. The zero-order valence-electron chi connectivity index (χ0n) is 27.8. The number of esters is 1. The molecule has 0 aromatic rings. The first-order valence-electron chi connectivity index (χ1n) is 16.8. The van der Waals surface area contributed by atoms with Crippen molar-refractivity contribution in [3.8, 4) is 0 Å². The molecule has 2 fully saturated rings. The van der Waals surface area contributed by atoms with Crippen LogP contribution in [0, 0.1) is 11.8 Å². The Morgan fingerprint density at radius 3 is 2.48 bits per heavy atom. The number of carbonyl (C=O) groups is 2. The second-order valence-corrected chi connectivity index (χ2v) is 19.4. The molecule has 8 heteroatoms. The van der Waals surface area contributed by atoms with E-state index in [2.05, 4.69) is 46.9 Å². The van der Waals surface area contributed by atoms with Gasteiger partial charge < -0.3 is 18.6 Å². The van der Waals surface area contributed by atoms with Crippen molar-refractivity contribution in [2.75, 3.05) is 13.2 Å². The van der Waals surface area contributed by atoms with Gasteiger partial charge in [0.1, 0.15) is 0 Å². The molecule has 1 aliphatic heterocycles. The Bertz CT molecular complexity index is 819. The van der Waals surface area contributed by atoms with E-state index < -0.39 is 8.32 Å². The summed E-state index contributed by atoms with van der Waals surface area (Å²) in [6.45, 7) is 16.7. The van der Waals surface area contributed by atoms with Crippen molar-refractivity contribution in [1.82, 2.24) is 0 Å². The molecule has 2 aliphatic rings. The molecule has 1 heterocycles. The number of carbonyl (C=O) groups excluding carboxylic acids is 2. The lowest BCUT2D eigenvalue weighted by molar-refractivity contribution is -0.192. The molecule has 0 radical (unpaired) electrons. The molecule has 1 saturated carbocycles. The molecule has 1 aliphatic carbocycles. The van der Waals surface area contributed by atoms with Crippen molar-refractivity contribution in [3.05, 3.63) is 12.2 Å². The Hall–Kier alpha value is -0.733. The van der Waals surface area contributed by atoms with Gasteiger partial charge in [-0.05, 0) is 94.8 Å². The molecule has 0 aromatic heterocycles. The van der Waals surface area contributed by atoms with Gasteiger partial charge in [0.2, 0.25) is 0 Å². The van der Waals surface area contributed by atoms with Gasteiger partial charge in [0, 0.05) is 36.8 Å². The third kappa shape index (κ3) is 13.5. The normalized spacial score (nSPS) is 26.0. The first-order chi connectivity index (χ1) is 19.8. The van der Waals surface area contributed by atoms with Crippen LogP contribution in [0.25, 0.3) is 0 Å². The van der Waals surface area contributed by atoms with Crippen LogP contribution in [-0.4, -0.2) is 57.2 Å². The van der Waals surface area contributed by atoms with E-state index in [4.69, 9.17) is 30.2 Å². The molecule has 0 N–H and O–H groups in total. The lowest BCUT2D eigenvalue weighted by atomic mass is 9.88. The summed E-state index contributed by atoms with van der Waals surface area (Å²) in [7, 11) is -1.80. The average Bonchev–Trinajstić information content (AvgIpc) is 3.21. The number of halogens is 1. The van der Waals surface area contributed by atoms with Crippen molar-refractivity contribution in [3.63, 3.8) is 0 Å². The molecule has 2 rings (SSSR count). The molecule has 42 heavy (non-hydrogen) atoms. The summed E-state index contributed by atoms with van der Waals surface area (Å²) in [5.74, 6) is 0.434. The number of unbranched alkanes of at least 4 members (excludes halogenated alkanes) is 3. The predicted octanol–water partition coefficient (Wildman–Crippen LogP) is 9.14. The van der Waals surface area contributed by atoms with Crippen LogP contribution in [0.1, 0.15) is 125 Å². The molecule has 0 aromatic carbocycles. The summed E-state index contributed by atoms with van der Waals surface area (Å²) in [5.41, 5.74) is 0. The Morgan fingerprint density at radius 2 is 1.81 bits per heavy atom. The van der Waals surface area contributed by atoms with Crippen LogP contribution in [0.15, 0.2) is 12.2 Å². The highest BCUT2D eigenvalue weighted by molar-refractivity contribution is 6.74. The second-order valence-electron chi connectivity index (χ2n) is 14.0. The quantitative estimate of drug-likeness (QED) is 0.0467. The highest BCUT2D eigenvalue weighted by atomic mass is 35.5. The molecule has 0 spiro atoms. The summed E-state index contributed by atoms with van der Waals surface area (Å²) in [6.07, 6.45) is 16.3. The minimum Gasteiger partial charge on any atom is -0.466 e. The van der Waals surface area contributed by atoms with Crippen LogP contribution in [0.4, 0.5) is 0 Å². The van der Waals surface area contributed by atoms with E-state index in [1.807, 2.05) is 6.92 Å². The van der Waals surface area contributed by atoms with Crippen molar-refractivity contribution in [1.29, 1.82) is 0 Å². The number of hydrogen-bond acceptors (Lipinski definition) is 6. The van der Waals surface area contributed by atoms with Crippen molar-refractivity contribution >= 4 is 31.7 Å². The van der Waals surface area contributed by atoms with Crippen molar-refractivity contribution < 1.29 is 28.2 Å². The Labute approximate surface area is 263 Å². The van der Waals surface area contributed by atoms with E-state index in [0.29, 0.717) is 19.4 Å². The monoisotopic (exact) mass is 628 g/mol. The molecule has 1 unspecified atom stereocenters. The van der Waals surface area contributed by atoms with Crippen LogP contribution in [0.2, 0.25) is 18.1 Å². The number of allylic oxidation sites excluding steroid dienone is 1. The van der Waals surface area contributed by atoms with Crippen LogP contribution < -0.4 is 0 Å². The highest BCUT2D eigenvalue weighted by Gasteiger charge is 2.42. The fourth-order valence-electron chi connectivity index (χ4n) is 5.77. The number of hydrogen-bond donors (Lipinski definition) is 0. The zero-order valence-corrected chi connectivity index (χ0v) is 29.5. The maximum atomic E-state index is 12.9. The summed E-state index contributed by atoms with van der Waals surface area (Å²) in [6, 6.07) is 0. The molecule has 0 amide bonds. The van der Waals surface area contributed by atoms with Gasteiger partial charge in [0.15, 0.2) is 20.4 Å². The second kappa shape index (κ2) is 18.9. The number of ketones is 1. The largest absolute Gasteiger partial charge is 0.466 e. The minimum absolute atomic E-state index is 0.0145. The van der Waals surface area contributed by atoms with Crippen molar-refractivity contribution in [2.45, 2.75) is 167 Å². The van der Waals surface area contributed by atoms with Crippen molar-refractivity contribution in [2.24, 2.45) is 11.8 Å². The standard InChI is InChI=1S/C34H61ClO6Si/c1-8-23-38-32(37)19-12-10-9-11-18-28-29(31(25-30(28)35)40-33-20-13-14-24-39-33)22-21-27(36)17-15-16-26(2)41-42(6,7)34(3,4)5/h21-22,26,28-31,33H,8-20,23-25H2,1-7H3/b22-21+/t26-,28-,29-,30-,31-,33?/m1/s1. The summed E-state index contributed by atoms with van der Waals surface area (Å²) < 4.78 is 24.0. The van der Waals surface area contributed by atoms with Gasteiger partial charge in [-0.15, -0.1) is 11.6 Å². The van der Waals surface area contributed by atoms with Gasteiger partial charge in [-0.3, -0.25) is 9.59 Å². The minimum atomic E-state index is -1.80. The van der Waals surface area contributed by atoms with Crippen LogP contribution in [0.5, 0.6) is 0 Å². The van der Waals surface area contributed by atoms with E-state index in [0.717, 1.165) is 83.7 Å². The smallest absolute Gasteiger partial charge is 0.305 e. The third-order valence-corrected chi connectivity index (χ3v) is 14.4. The third-order valence-electron chi connectivity index (χ3n) is 9.29. The molecule has 0 bridgehead atoms. The summed E-state index contributed by atoms with van der Waals surface area (Å²) in [4.78, 5) is 24.7. The summed E-state index contributed by atoms with van der Waals surface area (Å²) >= 11 is 6.92. The zero-order chi connectivity index (χ0) is 31.2. The molecule has 244 valence electrons. The van der Waals surface area contributed by atoms with E-state index >= 15 is 0 Å². The average molecular weight is 629 g/mol. The van der Waals surface area contributed by atoms with Crippen LogP contribution in [-0.2, 0) is 28.2 Å². The first kappa shape index (κ1) is 37.5. The van der Waals surface area contributed by atoms with Crippen LogP contribution in [0.3, 0.4) is 0 Å². The van der Waals surface area contributed by atoms with E-state index in [9.17, 15) is 9.59 Å². The predicted molar refractivity (Wildman–Crippen MR) is 174 cm³/mol. The molecular formula is C34H61ClO6Si. The van der Waals surface area contributed by atoms with Gasteiger partial charge in [-0.1, -0.05) is 53.0 Å². The topological polar surface area (TPSA) is 71.1 Å².